The van der Waals surface area contributed by atoms with Crippen molar-refractivity contribution in [2.24, 2.45) is 0 Å². The first-order chi connectivity index (χ1) is 9.61. The van der Waals surface area contributed by atoms with Crippen molar-refractivity contribution in [1.29, 1.82) is 0 Å². The molecule has 1 heterocycles. The second-order valence-corrected chi connectivity index (χ2v) is 4.51. The number of imidazole rings is 1. The van der Waals surface area contributed by atoms with Crippen LogP contribution in [-0.2, 0) is 11.3 Å². The van der Waals surface area contributed by atoms with E-state index >= 15 is 0 Å². The number of carboxylic acid groups (broad SMARTS) is 1. The molecule has 0 aliphatic carbocycles. The number of hydrogen-bond donors (Lipinski definition) is 1. The van der Waals surface area contributed by atoms with Crippen molar-refractivity contribution < 1.29 is 14.6 Å². The molecule has 0 spiro atoms. The van der Waals surface area contributed by atoms with Crippen LogP contribution in [0, 0.1) is 0 Å². The van der Waals surface area contributed by atoms with E-state index in [2.05, 4.69) is 4.98 Å². The molecule has 0 amide bonds. The normalized spacial score (nSPS) is 12.3. The van der Waals surface area contributed by atoms with Crippen LogP contribution >= 0.6 is 0 Å². The van der Waals surface area contributed by atoms with E-state index in [0.717, 1.165) is 11.4 Å². The van der Waals surface area contributed by atoms with Gasteiger partial charge in [-0.3, -0.25) is 0 Å². The number of benzene rings is 1. The molecule has 1 aromatic carbocycles. The summed E-state index contributed by atoms with van der Waals surface area (Å²) in [6.45, 7) is 5.21. The Balaban J connectivity index is 2.14. The number of ether oxygens (including phenoxy) is 1. The van der Waals surface area contributed by atoms with Gasteiger partial charge in [0.25, 0.3) is 0 Å². The third kappa shape index (κ3) is 3.24. The number of rotatable bonds is 6. The molecule has 0 fully saturated rings. The van der Waals surface area contributed by atoms with E-state index in [1.807, 2.05) is 36.7 Å². The molecule has 0 saturated heterocycles. The number of hydrogen-bond acceptors (Lipinski definition) is 3. The largest absolute Gasteiger partial charge is 0.478 e. The summed E-state index contributed by atoms with van der Waals surface area (Å²) in [6, 6.07) is 6.86. The fraction of sp³-hybridized carbons (Fsp3) is 0.333. The summed E-state index contributed by atoms with van der Waals surface area (Å²) in [4.78, 5) is 15.1. The molecule has 106 valence electrons. The monoisotopic (exact) mass is 274 g/mol. The summed E-state index contributed by atoms with van der Waals surface area (Å²) in [5.41, 5.74) is 1.32. The van der Waals surface area contributed by atoms with Gasteiger partial charge in [-0.15, -0.1) is 0 Å². The molecule has 1 atom stereocenters. The van der Waals surface area contributed by atoms with Crippen LogP contribution in [0.1, 0.15) is 41.7 Å². The summed E-state index contributed by atoms with van der Waals surface area (Å²) < 4.78 is 7.56. The van der Waals surface area contributed by atoms with E-state index in [-0.39, 0.29) is 6.10 Å². The molecule has 1 N–H and O–H groups in total. The lowest BCUT2D eigenvalue weighted by atomic mass is 10.1. The third-order valence-corrected chi connectivity index (χ3v) is 3.08. The van der Waals surface area contributed by atoms with Gasteiger partial charge in [-0.05, 0) is 31.5 Å². The highest BCUT2D eigenvalue weighted by Gasteiger charge is 2.12. The Kier molecular flexibility index (Phi) is 4.53. The second-order valence-electron chi connectivity index (χ2n) is 4.51. The Morgan fingerprint density at radius 1 is 1.40 bits per heavy atom. The fourth-order valence-electron chi connectivity index (χ4n) is 2.09. The van der Waals surface area contributed by atoms with Crippen LogP contribution in [0.5, 0.6) is 0 Å². The molecule has 1 aromatic heterocycles. The SMILES string of the molecule is CCOC(C)c1nccn1Cc1ccc(C(=O)O)cc1. The highest BCUT2D eigenvalue weighted by molar-refractivity contribution is 5.87. The van der Waals surface area contributed by atoms with E-state index in [4.69, 9.17) is 9.84 Å². The van der Waals surface area contributed by atoms with Gasteiger partial charge in [-0.2, -0.15) is 0 Å². The molecule has 2 aromatic rings. The molecule has 5 nitrogen and oxygen atoms in total. The first kappa shape index (κ1) is 14.3. The lowest BCUT2D eigenvalue weighted by molar-refractivity contribution is 0.0677. The van der Waals surface area contributed by atoms with Crippen molar-refractivity contribution in [3.05, 3.63) is 53.6 Å². The van der Waals surface area contributed by atoms with E-state index in [1.165, 1.54) is 0 Å². The summed E-state index contributed by atoms with van der Waals surface area (Å²) in [7, 11) is 0. The van der Waals surface area contributed by atoms with Crippen LogP contribution in [0.2, 0.25) is 0 Å². The first-order valence-electron chi connectivity index (χ1n) is 6.56. The van der Waals surface area contributed by atoms with Gasteiger partial charge in [-0.25, -0.2) is 9.78 Å². The minimum absolute atomic E-state index is 0.0618. The predicted octanol–water partition coefficient (Wildman–Crippen LogP) is 2.73. The molecule has 2 rings (SSSR count). The topological polar surface area (TPSA) is 64.4 Å². The summed E-state index contributed by atoms with van der Waals surface area (Å²) >= 11 is 0. The van der Waals surface area contributed by atoms with Gasteiger partial charge in [0.15, 0.2) is 0 Å². The van der Waals surface area contributed by atoms with Crippen molar-refractivity contribution >= 4 is 5.97 Å². The van der Waals surface area contributed by atoms with E-state index in [1.54, 1.807) is 18.3 Å². The molecule has 0 radical (unpaired) electrons. The van der Waals surface area contributed by atoms with Gasteiger partial charge in [0.2, 0.25) is 0 Å². The molecule has 0 saturated carbocycles. The summed E-state index contributed by atoms with van der Waals surface area (Å²) in [5.74, 6) is -0.0426. The van der Waals surface area contributed by atoms with Crippen LogP contribution < -0.4 is 0 Å². The highest BCUT2D eigenvalue weighted by atomic mass is 16.5. The number of carboxylic acids is 1. The minimum atomic E-state index is -0.912. The van der Waals surface area contributed by atoms with E-state index in [9.17, 15) is 4.79 Å². The molecule has 0 bridgehead atoms. The molecule has 1 unspecified atom stereocenters. The third-order valence-electron chi connectivity index (χ3n) is 3.08. The Hall–Kier alpha value is -2.14. The molecule has 0 aliphatic rings. The van der Waals surface area contributed by atoms with E-state index in [0.29, 0.717) is 18.7 Å². The van der Waals surface area contributed by atoms with Gasteiger partial charge in [-0.1, -0.05) is 12.1 Å². The fourth-order valence-corrected chi connectivity index (χ4v) is 2.09. The van der Waals surface area contributed by atoms with Crippen LogP contribution in [0.3, 0.4) is 0 Å². The predicted molar refractivity (Wildman–Crippen MR) is 74.8 cm³/mol. The lowest BCUT2D eigenvalue weighted by Crippen LogP contribution is -2.10. The Morgan fingerprint density at radius 2 is 2.10 bits per heavy atom. The van der Waals surface area contributed by atoms with Gasteiger partial charge < -0.3 is 14.4 Å². The van der Waals surface area contributed by atoms with Crippen molar-refractivity contribution in [2.45, 2.75) is 26.5 Å². The molecule has 0 aliphatic heterocycles. The molecule has 20 heavy (non-hydrogen) atoms. The first-order valence-corrected chi connectivity index (χ1v) is 6.56. The van der Waals surface area contributed by atoms with Gasteiger partial charge in [0.05, 0.1) is 5.56 Å². The maximum Gasteiger partial charge on any atom is 0.335 e. The standard InChI is InChI=1S/C15H18N2O3/c1-3-20-11(2)14-16-8-9-17(14)10-12-4-6-13(7-5-12)15(18)19/h4-9,11H,3,10H2,1-2H3,(H,18,19). The maximum atomic E-state index is 10.8. The van der Waals surface area contributed by atoms with Crippen molar-refractivity contribution in [1.82, 2.24) is 9.55 Å². The molecule has 5 heteroatoms. The lowest BCUT2D eigenvalue weighted by Gasteiger charge is -2.14. The average Bonchev–Trinajstić information content (AvgIpc) is 2.88. The van der Waals surface area contributed by atoms with Crippen molar-refractivity contribution in [3.8, 4) is 0 Å². The average molecular weight is 274 g/mol. The highest BCUT2D eigenvalue weighted by Crippen LogP contribution is 2.16. The van der Waals surface area contributed by atoms with E-state index < -0.39 is 5.97 Å². The number of nitrogens with zero attached hydrogens (tertiary/aromatic N) is 2. The Morgan fingerprint density at radius 3 is 2.70 bits per heavy atom. The Labute approximate surface area is 117 Å². The van der Waals surface area contributed by atoms with Crippen molar-refractivity contribution in [2.75, 3.05) is 6.61 Å². The Bertz CT molecular complexity index is 575. The van der Waals surface area contributed by atoms with Crippen LogP contribution in [0.4, 0.5) is 0 Å². The zero-order valence-corrected chi connectivity index (χ0v) is 11.6. The second kappa shape index (κ2) is 6.34. The zero-order valence-electron chi connectivity index (χ0n) is 11.6. The van der Waals surface area contributed by atoms with Crippen molar-refractivity contribution in [3.63, 3.8) is 0 Å². The quantitative estimate of drug-likeness (QED) is 0.879. The number of aromatic carboxylic acids is 1. The smallest absolute Gasteiger partial charge is 0.335 e. The molecular formula is C15H18N2O3. The summed E-state index contributed by atoms with van der Waals surface area (Å²) in [6.07, 6.45) is 3.58. The van der Waals surface area contributed by atoms with Gasteiger partial charge >= 0.3 is 5.97 Å². The van der Waals surface area contributed by atoms with Crippen LogP contribution in [-0.4, -0.2) is 27.2 Å². The molecular weight excluding hydrogens is 256 g/mol. The van der Waals surface area contributed by atoms with Crippen LogP contribution in [0.15, 0.2) is 36.7 Å². The van der Waals surface area contributed by atoms with Crippen LogP contribution in [0.25, 0.3) is 0 Å². The minimum Gasteiger partial charge on any atom is -0.478 e. The number of carbonyl (C=O) groups is 1. The maximum absolute atomic E-state index is 10.8. The summed E-state index contributed by atoms with van der Waals surface area (Å²) in [5, 5.41) is 8.88. The van der Waals surface area contributed by atoms with Gasteiger partial charge in [0, 0.05) is 25.5 Å². The number of aromatic nitrogens is 2. The zero-order chi connectivity index (χ0) is 14.5. The van der Waals surface area contributed by atoms with Gasteiger partial charge in [0.1, 0.15) is 11.9 Å².